The van der Waals surface area contributed by atoms with Crippen molar-refractivity contribution in [1.29, 1.82) is 0 Å². The number of rotatable bonds is 7. The molecule has 142 valence electrons. The Kier molecular flexibility index (Phi) is 6.98. The summed E-state index contributed by atoms with van der Waals surface area (Å²) in [6, 6.07) is 25.2. The van der Waals surface area contributed by atoms with Crippen LogP contribution in [0.25, 0.3) is 0 Å². The fourth-order valence-corrected chi connectivity index (χ4v) is 2.56. The molecule has 0 spiro atoms. The standard InChI is InChI=1S/C22H21N3O2S/c1-26-20-13-9-19(10-14-20)24-22(28)25-23-15-17-7-11-21(12-8-17)27-16-18-5-3-2-4-6-18/h2-15H,16H2,1H3,(H2,24,25,28)/b23-15+. The van der Waals surface area contributed by atoms with E-state index in [1.54, 1.807) is 13.3 Å². The minimum Gasteiger partial charge on any atom is -0.497 e. The van der Waals surface area contributed by atoms with Crippen LogP contribution in [0.1, 0.15) is 11.1 Å². The molecule has 3 aromatic carbocycles. The van der Waals surface area contributed by atoms with E-state index in [4.69, 9.17) is 21.7 Å². The van der Waals surface area contributed by atoms with Crippen LogP contribution in [0.2, 0.25) is 0 Å². The van der Waals surface area contributed by atoms with Gasteiger partial charge < -0.3 is 14.8 Å². The second-order valence-corrected chi connectivity index (χ2v) is 6.30. The molecule has 0 aliphatic heterocycles. The summed E-state index contributed by atoms with van der Waals surface area (Å²) in [5.41, 5.74) is 5.72. The van der Waals surface area contributed by atoms with Crippen molar-refractivity contribution in [3.05, 3.63) is 90.0 Å². The molecular weight excluding hydrogens is 370 g/mol. The molecule has 28 heavy (non-hydrogen) atoms. The van der Waals surface area contributed by atoms with Gasteiger partial charge in [0.25, 0.3) is 0 Å². The molecule has 3 rings (SSSR count). The highest BCUT2D eigenvalue weighted by Gasteiger charge is 1.98. The topological polar surface area (TPSA) is 54.9 Å². The minimum atomic E-state index is 0.407. The number of nitrogens with one attached hydrogen (secondary N) is 2. The van der Waals surface area contributed by atoms with Crippen LogP contribution < -0.4 is 20.2 Å². The van der Waals surface area contributed by atoms with Crippen molar-refractivity contribution in [3.8, 4) is 11.5 Å². The average molecular weight is 391 g/mol. The molecule has 0 fully saturated rings. The van der Waals surface area contributed by atoms with Gasteiger partial charge in [-0.3, -0.25) is 5.43 Å². The molecule has 0 radical (unpaired) electrons. The Balaban J connectivity index is 1.45. The molecule has 0 bridgehead atoms. The van der Waals surface area contributed by atoms with E-state index in [1.165, 1.54) is 0 Å². The molecule has 0 aliphatic rings. The number of nitrogens with zero attached hydrogens (tertiary/aromatic N) is 1. The number of hydrogen-bond acceptors (Lipinski definition) is 4. The van der Waals surface area contributed by atoms with E-state index in [2.05, 4.69) is 15.8 Å². The number of ether oxygens (including phenoxy) is 2. The first-order valence-corrected chi connectivity index (χ1v) is 9.14. The highest BCUT2D eigenvalue weighted by Crippen LogP contribution is 2.15. The van der Waals surface area contributed by atoms with Crippen LogP contribution in [0, 0.1) is 0 Å². The quantitative estimate of drug-likeness (QED) is 0.350. The van der Waals surface area contributed by atoms with E-state index < -0.39 is 0 Å². The van der Waals surface area contributed by atoms with Crippen LogP contribution in [0.5, 0.6) is 11.5 Å². The highest BCUT2D eigenvalue weighted by atomic mass is 32.1. The van der Waals surface area contributed by atoms with Crippen molar-refractivity contribution in [3.63, 3.8) is 0 Å². The van der Waals surface area contributed by atoms with Crippen LogP contribution in [-0.2, 0) is 6.61 Å². The molecule has 0 unspecified atom stereocenters. The largest absolute Gasteiger partial charge is 0.497 e. The lowest BCUT2D eigenvalue weighted by molar-refractivity contribution is 0.306. The second kappa shape index (κ2) is 10.1. The molecule has 5 nitrogen and oxygen atoms in total. The van der Waals surface area contributed by atoms with Gasteiger partial charge in [0.05, 0.1) is 13.3 Å². The zero-order chi connectivity index (χ0) is 19.6. The van der Waals surface area contributed by atoms with Crippen molar-refractivity contribution in [1.82, 2.24) is 5.43 Å². The predicted molar refractivity (Wildman–Crippen MR) is 117 cm³/mol. The summed E-state index contributed by atoms with van der Waals surface area (Å²) in [6.45, 7) is 0.543. The summed E-state index contributed by atoms with van der Waals surface area (Å²) >= 11 is 5.23. The van der Waals surface area contributed by atoms with Crippen molar-refractivity contribution >= 4 is 29.2 Å². The average Bonchev–Trinajstić information content (AvgIpc) is 2.74. The van der Waals surface area contributed by atoms with E-state index >= 15 is 0 Å². The fourth-order valence-electron chi connectivity index (χ4n) is 2.39. The van der Waals surface area contributed by atoms with Gasteiger partial charge in [0.1, 0.15) is 18.1 Å². The van der Waals surface area contributed by atoms with Gasteiger partial charge in [-0.2, -0.15) is 5.10 Å². The lowest BCUT2D eigenvalue weighted by Crippen LogP contribution is -2.23. The third kappa shape index (κ3) is 6.10. The summed E-state index contributed by atoms with van der Waals surface area (Å²) in [4.78, 5) is 0. The summed E-state index contributed by atoms with van der Waals surface area (Å²) < 4.78 is 10.9. The molecule has 0 saturated heterocycles. The van der Waals surface area contributed by atoms with Crippen LogP contribution in [0.3, 0.4) is 0 Å². The van der Waals surface area contributed by atoms with E-state index in [-0.39, 0.29) is 0 Å². The Morgan fingerprint density at radius 2 is 1.61 bits per heavy atom. The van der Waals surface area contributed by atoms with E-state index in [0.29, 0.717) is 11.7 Å². The van der Waals surface area contributed by atoms with Gasteiger partial charge in [-0.25, -0.2) is 0 Å². The smallest absolute Gasteiger partial charge is 0.191 e. The van der Waals surface area contributed by atoms with Crippen molar-refractivity contribution < 1.29 is 9.47 Å². The first-order chi connectivity index (χ1) is 13.7. The molecule has 0 aliphatic carbocycles. The van der Waals surface area contributed by atoms with Gasteiger partial charge >= 0.3 is 0 Å². The highest BCUT2D eigenvalue weighted by molar-refractivity contribution is 7.80. The fraction of sp³-hybridized carbons (Fsp3) is 0.0909. The van der Waals surface area contributed by atoms with Gasteiger partial charge in [0.15, 0.2) is 5.11 Å². The molecule has 3 aromatic rings. The van der Waals surface area contributed by atoms with Crippen molar-refractivity contribution in [2.75, 3.05) is 12.4 Å². The molecule has 2 N–H and O–H groups in total. The van der Waals surface area contributed by atoms with Gasteiger partial charge in [-0.15, -0.1) is 0 Å². The Morgan fingerprint density at radius 3 is 2.29 bits per heavy atom. The van der Waals surface area contributed by atoms with Gasteiger partial charge in [0, 0.05) is 5.69 Å². The number of methoxy groups -OCH3 is 1. The van der Waals surface area contributed by atoms with Crippen LogP contribution in [0.4, 0.5) is 5.69 Å². The Bertz CT molecular complexity index is 911. The number of anilines is 1. The maximum Gasteiger partial charge on any atom is 0.191 e. The number of hydrogen-bond donors (Lipinski definition) is 2. The zero-order valence-corrected chi connectivity index (χ0v) is 16.3. The first-order valence-electron chi connectivity index (χ1n) is 8.74. The third-order valence-corrected chi connectivity index (χ3v) is 4.05. The van der Waals surface area contributed by atoms with Crippen LogP contribution in [0.15, 0.2) is 84.0 Å². The number of benzene rings is 3. The monoisotopic (exact) mass is 391 g/mol. The normalized spacial score (nSPS) is 10.5. The summed E-state index contributed by atoms with van der Waals surface area (Å²) in [5, 5.41) is 7.61. The minimum absolute atomic E-state index is 0.407. The molecule has 0 aromatic heterocycles. The Morgan fingerprint density at radius 1 is 0.929 bits per heavy atom. The predicted octanol–water partition coefficient (Wildman–Crippen LogP) is 4.59. The summed E-state index contributed by atoms with van der Waals surface area (Å²) in [6.07, 6.45) is 1.70. The van der Waals surface area contributed by atoms with Gasteiger partial charge in [0.2, 0.25) is 0 Å². The Hall–Kier alpha value is -3.38. The lowest BCUT2D eigenvalue weighted by atomic mass is 10.2. The van der Waals surface area contributed by atoms with E-state index in [0.717, 1.165) is 28.3 Å². The van der Waals surface area contributed by atoms with E-state index in [1.807, 2.05) is 78.9 Å². The first kappa shape index (κ1) is 19.4. The summed E-state index contributed by atoms with van der Waals surface area (Å²) in [7, 11) is 1.63. The van der Waals surface area contributed by atoms with Gasteiger partial charge in [-0.1, -0.05) is 30.3 Å². The maximum atomic E-state index is 5.77. The number of hydrazone groups is 1. The molecular formula is C22H21N3O2S. The number of thiocarbonyl (C=S) groups is 1. The van der Waals surface area contributed by atoms with Crippen LogP contribution in [-0.4, -0.2) is 18.4 Å². The lowest BCUT2D eigenvalue weighted by Gasteiger charge is -2.08. The molecule has 6 heteroatoms. The van der Waals surface area contributed by atoms with Crippen molar-refractivity contribution in [2.24, 2.45) is 5.10 Å². The zero-order valence-electron chi connectivity index (χ0n) is 15.5. The van der Waals surface area contributed by atoms with Crippen LogP contribution >= 0.6 is 12.2 Å². The third-order valence-electron chi connectivity index (χ3n) is 3.86. The van der Waals surface area contributed by atoms with E-state index in [9.17, 15) is 0 Å². The maximum absolute atomic E-state index is 5.77. The van der Waals surface area contributed by atoms with Crippen molar-refractivity contribution in [2.45, 2.75) is 6.61 Å². The SMILES string of the molecule is COc1ccc(NC(=S)N/N=C/c2ccc(OCc3ccccc3)cc2)cc1. The molecule has 0 amide bonds. The molecule has 0 saturated carbocycles. The Labute approximate surface area is 170 Å². The molecule has 0 atom stereocenters. The van der Waals surface area contributed by atoms with Gasteiger partial charge in [-0.05, 0) is 71.9 Å². The second-order valence-electron chi connectivity index (χ2n) is 5.90. The molecule has 0 heterocycles. The summed E-state index contributed by atoms with van der Waals surface area (Å²) in [5.74, 6) is 1.60.